The Balaban J connectivity index is 2.50. The van der Waals surface area contributed by atoms with E-state index < -0.39 is 17.5 Å². The fourth-order valence-corrected chi connectivity index (χ4v) is 1.92. The Labute approximate surface area is 98.7 Å². The van der Waals surface area contributed by atoms with Crippen LogP contribution in [0.1, 0.15) is 21.6 Å². The van der Waals surface area contributed by atoms with E-state index in [2.05, 4.69) is 4.98 Å². The maximum atomic E-state index is 12.7. The normalized spacial score (nSPS) is 11.5. The van der Waals surface area contributed by atoms with Crippen molar-refractivity contribution in [2.24, 2.45) is 0 Å². The van der Waals surface area contributed by atoms with Gasteiger partial charge in [0.1, 0.15) is 5.69 Å². The average molecular weight is 257 g/mol. The minimum Gasteiger partial charge on any atom is -0.287 e. The zero-order valence-electron chi connectivity index (χ0n) is 8.36. The second kappa shape index (κ2) is 4.29. The molecule has 0 atom stereocenters. The molecule has 88 valence electrons. The summed E-state index contributed by atoms with van der Waals surface area (Å²) in [7, 11) is 0. The minimum absolute atomic E-state index is 0.0340. The van der Waals surface area contributed by atoms with Crippen LogP contribution in [0.4, 0.5) is 13.2 Å². The summed E-state index contributed by atoms with van der Waals surface area (Å²) in [6.45, 7) is 0. The fourth-order valence-electron chi connectivity index (χ4n) is 1.39. The van der Waals surface area contributed by atoms with Crippen LogP contribution in [-0.4, -0.2) is 10.8 Å². The standard InChI is InChI=1S/C11H6F3NOS/c12-11(13,14)8-4-2-1-3-7(8)10(16)9-5-17-6-15-9/h1-6H. The highest BCUT2D eigenvalue weighted by atomic mass is 32.1. The first-order valence-corrected chi connectivity index (χ1v) is 5.53. The van der Waals surface area contributed by atoms with E-state index in [1.54, 1.807) is 0 Å². The number of hydrogen-bond donors (Lipinski definition) is 0. The maximum absolute atomic E-state index is 12.7. The van der Waals surface area contributed by atoms with Gasteiger partial charge in [0, 0.05) is 10.9 Å². The van der Waals surface area contributed by atoms with E-state index >= 15 is 0 Å². The number of ketones is 1. The van der Waals surface area contributed by atoms with Crippen LogP contribution in [0.5, 0.6) is 0 Å². The third-order valence-corrected chi connectivity index (χ3v) is 2.73. The highest BCUT2D eigenvalue weighted by molar-refractivity contribution is 7.07. The summed E-state index contributed by atoms with van der Waals surface area (Å²) >= 11 is 1.16. The Kier molecular flexibility index (Phi) is 2.97. The Morgan fingerprint density at radius 1 is 1.24 bits per heavy atom. The van der Waals surface area contributed by atoms with Crippen LogP contribution in [0.25, 0.3) is 0 Å². The Morgan fingerprint density at radius 3 is 2.53 bits per heavy atom. The number of benzene rings is 1. The number of carbonyl (C=O) groups excluding carboxylic acids is 1. The van der Waals surface area contributed by atoms with E-state index in [1.807, 2.05) is 0 Å². The van der Waals surface area contributed by atoms with Gasteiger partial charge in [-0.1, -0.05) is 18.2 Å². The largest absolute Gasteiger partial charge is 0.417 e. The summed E-state index contributed by atoms with van der Waals surface area (Å²) in [5, 5.41) is 1.43. The van der Waals surface area contributed by atoms with Crippen molar-refractivity contribution in [3.8, 4) is 0 Å². The van der Waals surface area contributed by atoms with E-state index in [4.69, 9.17) is 0 Å². The van der Waals surface area contributed by atoms with Crippen LogP contribution < -0.4 is 0 Å². The molecule has 0 N–H and O–H groups in total. The van der Waals surface area contributed by atoms with Gasteiger partial charge in [-0.15, -0.1) is 11.3 Å². The summed E-state index contributed by atoms with van der Waals surface area (Å²) < 4.78 is 38.0. The van der Waals surface area contributed by atoms with Gasteiger partial charge < -0.3 is 0 Å². The van der Waals surface area contributed by atoms with Crippen LogP contribution in [-0.2, 0) is 6.18 Å². The molecule has 0 aliphatic carbocycles. The Hall–Kier alpha value is -1.69. The van der Waals surface area contributed by atoms with Crippen molar-refractivity contribution >= 4 is 17.1 Å². The number of thiazole rings is 1. The zero-order chi connectivity index (χ0) is 12.5. The second-order valence-corrected chi connectivity index (χ2v) is 3.96. The number of hydrogen-bond acceptors (Lipinski definition) is 3. The summed E-state index contributed by atoms with van der Waals surface area (Å²) in [4.78, 5) is 15.5. The van der Waals surface area contributed by atoms with Gasteiger partial charge in [-0.3, -0.25) is 4.79 Å². The molecule has 0 bridgehead atoms. The molecular weight excluding hydrogens is 251 g/mol. The second-order valence-electron chi connectivity index (χ2n) is 3.25. The molecule has 0 saturated carbocycles. The van der Waals surface area contributed by atoms with Gasteiger partial charge >= 0.3 is 6.18 Å². The Bertz CT molecular complexity index is 534. The predicted octanol–water partition coefficient (Wildman–Crippen LogP) is 3.39. The van der Waals surface area contributed by atoms with Crippen LogP contribution in [0, 0.1) is 0 Å². The lowest BCUT2D eigenvalue weighted by atomic mass is 10.0. The lowest BCUT2D eigenvalue weighted by molar-refractivity contribution is -0.137. The van der Waals surface area contributed by atoms with Gasteiger partial charge in [0.05, 0.1) is 11.1 Å². The quantitative estimate of drug-likeness (QED) is 0.772. The zero-order valence-corrected chi connectivity index (χ0v) is 9.18. The number of halogens is 3. The molecule has 2 nitrogen and oxygen atoms in total. The maximum Gasteiger partial charge on any atom is 0.417 e. The van der Waals surface area contributed by atoms with Crippen molar-refractivity contribution in [3.63, 3.8) is 0 Å². The van der Waals surface area contributed by atoms with E-state index in [9.17, 15) is 18.0 Å². The molecule has 1 aromatic carbocycles. The van der Waals surface area contributed by atoms with Gasteiger partial charge in [0.2, 0.25) is 5.78 Å². The van der Waals surface area contributed by atoms with Gasteiger partial charge in [-0.05, 0) is 6.07 Å². The lowest BCUT2D eigenvalue weighted by Gasteiger charge is -2.10. The van der Waals surface area contributed by atoms with E-state index in [-0.39, 0.29) is 11.3 Å². The molecule has 0 aliphatic heterocycles. The van der Waals surface area contributed by atoms with Crippen LogP contribution in [0.15, 0.2) is 35.2 Å². The molecule has 0 aliphatic rings. The first-order chi connectivity index (χ1) is 8.00. The van der Waals surface area contributed by atoms with Crippen LogP contribution >= 0.6 is 11.3 Å². The van der Waals surface area contributed by atoms with Crippen LogP contribution in [0.2, 0.25) is 0 Å². The summed E-state index contributed by atoms with van der Waals surface area (Å²) in [6.07, 6.45) is -4.54. The number of carbonyl (C=O) groups is 1. The first kappa shape index (κ1) is 11.8. The van der Waals surface area contributed by atoms with Crippen LogP contribution in [0.3, 0.4) is 0 Å². The van der Waals surface area contributed by atoms with Gasteiger partial charge in [0.15, 0.2) is 0 Å². The van der Waals surface area contributed by atoms with Gasteiger partial charge in [0.25, 0.3) is 0 Å². The minimum atomic E-state index is -4.54. The summed E-state index contributed by atoms with van der Waals surface area (Å²) in [5.74, 6) is -0.709. The topological polar surface area (TPSA) is 30.0 Å². The molecule has 1 heterocycles. The average Bonchev–Trinajstić information content (AvgIpc) is 2.80. The first-order valence-electron chi connectivity index (χ1n) is 4.59. The molecular formula is C11H6F3NOS. The molecule has 0 fully saturated rings. The van der Waals surface area contributed by atoms with Crippen molar-refractivity contribution in [1.82, 2.24) is 4.98 Å². The third-order valence-electron chi connectivity index (χ3n) is 2.14. The molecule has 0 amide bonds. The Morgan fingerprint density at radius 2 is 1.94 bits per heavy atom. The summed E-state index contributed by atoms with van der Waals surface area (Å²) in [5.41, 5.74) is 0.138. The van der Waals surface area contributed by atoms with E-state index in [0.717, 1.165) is 23.5 Å². The SMILES string of the molecule is O=C(c1cscn1)c1ccccc1C(F)(F)F. The number of aromatic nitrogens is 1. The fraction of sp³-hybridized carbons (Fsp3) is 0.0909. The molecule has 0 saturated heterocycles. The number of rotatable bonds is 2. The monoisotopic (exact) mass is 257 g/mol. The molecule has 17 heavy (non-hydrogen) atoms. The molecule has 2 rings (SSSR count). The molecule has 0 spiro atoms. The van der Waals surface area contributed by atoms with E-state index in [0.29, 0.717) is 0 Å². The van der Waals surface area contributed by atoms with Gasteiger partial charge in [-0.2, -0.15) is 13.2 Å². The van der Waals surface area contributed by atoms with Crippen molar-refractivity contribution < 1.29 is 18.0 Å². The predicted molar refractivity (Wildman–Crippen MR) is 57.0 cm³/mol. The van der Waals surface area contributed by atoms with E-state index in [1.165, 1.54) is 23.0 Å². The third kappa shape index (κ3) is 2.36. The molecule has 2 aromatic rings. The smallest absolute Gasteiger partial charge is 0.287 e. The van der Waals surface area contributed by atoms with Crippen molar-refractivity contribution in [1.29, 1.82) is 0 Å². The molecule has 1 aromatic heterocycles. The highest BCUT2D eigenvalue weighted by Crippen LogP contribution is 2.32. The van der Waals surface area contributed by atoms with Crippen molar-refractivity contribution in [2.75, 3.05) is 0 Å². The van der Waals surface area contributed by atoms with Gasteiger partial charge in [-0.25, -0.2) is 4.98 Å². The number of nitrogens with zero attached hydrogens (tertiary/aromatic N) is 1. The molecule has 0 radical (unpaired) electrons. The highest BCUT2D eigenvalue weighted by Gasteiger charge is 2.35. The van der Waals surface area contributed by atoms with Crippen molar-refractivity contribution in [2.45, 2.75) is 6.18 Å². The number of alkyl halides is 3. The lowest BCUT2D eigenvalue weighted by Crippen LogP contribution is -2.13. The molecule has 0 unspecified atom stereocenters. The molecule has 6 heteroatoms. The summed E-state index contributed by atoms with van der Waals surface area (Å²) in [6, 6.07) is 4.69. The van der Waals surface area contributed by atoms with Crippen molar-refractivity contribution in [3.05, 3.63) is 52.0 Å².